The van der Waals surface area contributed by atoms with Crippen molar-refractivity contribution >= 4 is 49.1 Å². The van der Waals surface area contributed by atoms with Gasteiger partial charge in [0.2, 0.25) is 0 Å². The standard InChI is InChI=1S/C26H22Br2ClNO2/c1-31-23-13-16(12-21(28)26(23)32-14-15-6-2-3-11-22(15)29)24-18-8-4-7-17(18)19-9-5-10-20(27)25(19)30-24/h2-7,9-13,17-18,24,30H,8,14H2,1H3/t17-,18-,24+/m1/s1. The fourth-order valence-corrected chi connectivity index (χ4v) is 6.00. The first-order valence-corrected chi connectivity index (χ1v) is 12.5. The Bertz CT molecular complexity index is 1200. The smallest absolute Gasteiger partial charge is 0.175 e. The summed E-state index contributed by atoms with van der Waals surface area (Å²) in [5, 5.41) is 4.48. The molecule has 0 fully saturated rings. The predicted octanol–water partition coefficient (Wildman–Crippen LogP) is 8.28. The molecule has 1 N–H and O–H groups in total. The van der Waals surface area contributed by atoms with Gasteiger partial charge < -0.3 is 14.8 Å². The average Bonchev–Trinajstić information content (AvgIpc) is 3.29. The van der Waals surface area contributed by atoms with Crippen molar-refractivity contribution in [3.05, 3.63) is 97.4 Å². The van der Waals surface area contributed by atoms with Gasteiger partial charge in [0, 0.05) is 21.0 Å². The van der Waals surface area contributed by atoms with Crippen molar-refractivity contribution in [2.45, 2.75) is 25.0 Å². The van der Waals surface area contributed by atoms with Crippen molar-refractivity contribution in [2.24, 2.45) is 5.92 Å². The van der Waals surface area contributed by atoms with Gasteiger partial charge in [-0.05, 0) is 79.6 Å². The van der Waals surface area contributed by atoms with Crippen LogP contribution in [0.2, 0.25) is 5.02 Å². The van der Waals surface area contributed by atoms with E-state index >= 15 is 0 Å². The quantitative estimate of drug-likeness (QED) is 0.311. The number of methoxy groups -OCH3 is 1. The lowest BCUT2D eigenvalue weighted by Gasteiger charge is -2.38. The van der Waals surface area contributed by atoms with Crippen LogP contribution in [0.4, 0.5) is 5.69 Å². The molecular weight excluding hydrogens is 554 g/mol. The molecule has 0 amide bonds. The van der Waals surface area contributed by atoms with E-state index < -0.39 is 0 Å². The number of para-hydroxylation sites is 1. The van der Waals surface area contributed by atoms with Crippen LogP contribution in [0.1, 0.15) is 35.1 Å². The van der Waals surface area contributed by atoms with Crippen molar-refractivity contribution < 1.29 is 9.47 Å². The summed E-state index contributed by atoms with van der Waals surface area (Å²) in [6, 6.07) is 18.5. The van der Waals surface area contributed by atoms with Crippen molar-refractivity contribution in [3.63, 3.8) is 0 Å². The summed E-state index contributed by atoms with van der Waals surface area (Å²) >= 11 is 13.8. The Hall–Kier alpha value is -1.95. The summed E-state index contributed by atoms with van der Waals surface area (Å²) in [5.41, 5.74) is 4.61. The average molecular weight is 576 g/mol. The zero-order chi connectivity index (χ0) is 22.2. The number of hydrogen-bond donors (Lipinski definition) is 1. The van der Waals surface area contributed by atoms with Gasteiger partial charge in [-0.1, -0.05) is 54.1 Å². The normalized spacial score (nSPS) is 20.9. The van der Waals surface area contributed by atoms with Crippen LogP contribution in [0.3, 0.4) is 0 Å². The molecule has 1 heterocycles. The minimum absolute atomic E-state index is 0.156. The van der Waals surface area contributed by atoms with Crippen LogP contribution in [0.25, 0.3) is 0 Å². The fraction of sp³-hybridized carbons (Fsp3) is 0.231. The fourth-order valence-electron chi connectivity index (χ4n) is 4.74. The molecule has 0 aromatic heterocycles. The van der Waals surface area contributed by atoms with Gasteiger partial charge in [-0.25, -0.2) is 0 Å². The number of nitrogens with one attached hydrogen (secondary N) is 1. The molecule has 3 aromatic rings. The Morgan fingerprint density at radius 1 is 1.06 bits per heavy atom. The third-order valence-corrected chi connectivity index (χ3v) is 7.91. The second-order valence-electron chi connectivity index (χ2n) is 8.09. The first-order chi connectivity index (χ1) is 15.6. The van der Waals surface area contributed by atoms with E-state index in [0.717, 1.165) is 20.9 Å². The zero-order valence-electron chi connectivity index (χ0n) is 17.4. The van der Waals surface area contributed by atoms with Crippen LogP contribution in [0, 0.1) is 5.92 Å². The van der Waals surface area contributed by atoms with Crippen molar-refractivity contribution in [2.75, 3.05) is 12.4 Å². The van der Waals surface area contributed by atoms with Gasteiger partial charge in [-0.2, -0.15) is 0 Å². The molecule has 5 rings (SSSR count). The zero-order valence-corrected chi connectivity index (χ0v) is 21.4. The van der Waals surface area contributed by atoms with Crippen LogP contribution in [0.5, 0.6) is 11.5 Å². The largest absolute Gasteiger partial charge is 0.493 e. The summed E-state index contributed by atoms with van der Waals surface area (Å²) in [6.45, 7) is 0.366. The molecule has 32 heavy (non-hydrogen) atoms. The topological polar surface area (TPSA) is 30.5 Å². The number of ether oxygens (including phenoxy) is 2. The van der Waals surface area contributed by atoms with E-state index in [2.05, 4.69) is 79.7 Å². The van der Waals surface area contributed by atoms with E-state index in [4.69, 9.17) is 21.1 Å². The second kappa shape index (κ2) is 9.12. The van der Waals surface area contributed by atoms with Crippen molar-refractivity contribution in [1.82, 2.24) is 0 Å². The van der Waals surface area contributed by atoms with E-state index in [1.165, 1.54) is 16.8 Å². The molecule has 0 bridgehead atoms. The number of rotatable bonds is 5. The number of halogens is 3. The van der Waals surface area contributed by atoms with Crippen LogP contribution < -0.4 is 14.8 Å². The first-order valence-electron chi connectivity index (χ1n) is 10.5. The van der Waals surface area contributed by atoms with Crippen LogP contribution in [-0.4, -0.2) is 7.11 Å². The third-order valence-electron chi connectivity index (χ3n) is 6.29. The number of benzene rings is 3. The molecule has 6 heteroatoms. The lowest BCUT2D eigenvalue weighted by atomic mass is 9.77. The Morgan fingerprint density at radius 2 is 1.91 bits per heavy atom. The maximum Gasteiger partial charge on any atom is 0.175 e. The summed E-state index contributed by atoms with van der Waals surface area (Å²) in [5.74, 6) is 2.22. The molecule has 0 radical (unpaired) electrons. The summed E-state index contributed by atoms with van der Waals surface area (Å²) in [7, 11) is 1.67. The highest BCUT2D eigenvalue weighted by Gasteiger charge is 2.39. The highest BCUT2D eigenvalue weighted by molar-refractivity contribution is 9.11. The molecule has 0 spiro atoms. The highest BCUT2D eigenvalue weighted by Crippen LogP contribution is 2.52. The molecule has 1 aliphatic heterocycles. The number of hydrogen-bond acceptors (Lipinski definition) is 3. The Balaban J connectivity index is 1.48. The van der Waals surface area contributed by atoms with Gasteiger partial charge in [0.1, 0.15) is 6.61 Å². The molecule has 0 unspecified atom stereocenters. The molecule has 1 aliphatic carbocycles. The first kappa shape index (κ1) is 21.9. The van der Waals surface area contributed by atoms with Gasteiger partial charge >= 0.3 is 0 Å². The number of anilines is 1. The Morgan fingerprint density at radius 3 is 2.72 bits per heavy atom. The number of fused-ring (bicyclic) bond motifs is 3. The molecule has 2 aliphatic rings. The Labute approximate surface area is 210 Å². The third kappa shape index (κ3) is 3.95. The minimum Gasteiger partial charge on any atom is -0.493 e. The second-order valence-corrected chi connectivity index (χ2v) is 10.2. The van der Waals surface area contributed by atoms with E-state index in [1.807, 2.05) is 24.3 Å². The molecule has 0 saturated heterocycles. The lowest BCUT2D eigenvalue weighted by Crippen LogP contribution is -2.29. The van der Waals surface area contributed by atoms with Gasteiger partial charge in [-0.15, -0.1) is 0 Å². The SMILES string of the molecule is COc1cc([C@@H]2Nc3c(Br)cccc3[C@@H]3C=CC[C@H]32)cc(Br)c1OCc1ccccc1Cl. The molecule has 0 saturated carbocycles. The van der Waals surface area contributed by atoms with Gasteiger partial charge in [0.05, 0.1) is 23.3 Å². The predicted molar refractivity (Wildman–Crippen MR) is 137 cm³/mol. The summed E-state index contributed by atoms with van der Waals surface area (Å²) < 4.78 is 13.8. The van der Waals surface area contributed by atoms with E-state index in [9.17, 15) is 0 Å². The molecule has 164 valence electrons. The van der Waals surface area contributed by atoms with Crippen LogP contribution in [-0.2, 0) is 6.61 Å². The summed E-state index contributed by atoms with van der Waals surface area (Å²) in [6.07, 6.45) is 5.68. The van der Waals surface area contributed by atoms with Gasteiger partial charge in [0.25, 0.3) is 0 Å². The number of allylic oxidation sites excluding steroid dienone is 2. The van der Waals surface area contributed by atoms with Crippen molar-refractivity contribution in [1.29, 1.82) is 0 Å². The highest BCUT2D eigenvalue weighted by atomic mass is 79.9. The lowest BCUT2D eigenvalue weighted by molar-refractivity contribution is 0.282. The molecule has 3 nitrogen and oxygen atoms in total. The molecular formula is C26H22Br2ClNO2. The maximum absolute atomic E-state index is 6.30. The van der Waals surface area contributed by atoms with Crippen LogP contribution in [0.15, 0.2) is 75.7 Å². The monoisotopic (exact) mass is 573 g/mol. The van der Waals surface area contributed by atoms with E-state index in [-0.39, 0.29) is 6.04 Å². The maximum atomic E-state index is 6.30. The molecule has 3 aromatic carbocycles. The van der Waals surface area contributed by atoms with Crippen molar-refractivity contribution in [3.8, 4) is 11.5 Å². The summed E-state index contributed by atoms with van der Waals surface area (Å²) in [4.78, 5) is 0. The van der Waals surface area contributed by atoms with Gasteiger partial charge in [-0.3, -0.25) is 0 Å². The minimum atomic E-state index is 0.156. The van der Waals surface area contributed by atoms with Crippen LogP contribution >= 0.6 is 43.5 Å². The van der Waals surface area contributed by atoms with E-state index in [1.54, 1.807) is 7.11 Å². The van der Waals surface area contributed by atoms with E-state index in [0.29, 0.717) is 35.0 Å². The Kier molecular flexibility index (Phi) is 6.24. The molecule has 3 atom stereocenters. The van der Waals surface area contributed by atoms with Gasteiger partial charge in [0.15, 0.2) is 11.5 Å².